The Balaban J connectivity index is 2.80. The molecule has 0 atom stereocenters. The first-order valence-electron chi connectivity index (χ1n) is 3.72. The third-order valence-electron chi connectivity index (χ3n) is 1.60. The Hall–Kier alpha value is -0.820. The zero-order valence-corrected chi connectivity index (χ0v) is 8.27. The molecule has 0 N–H and O–H groups in total. The normalized spacial score (nSPS) is 9.38. The molecule has 0 bridgehead atoms. The number of carbonyl (C=O) groups excluding carboxylic acids is 1. The maximum Gasteiger partial charge on any atom is 0.234 e. The topological polar surface area (TPSA) is 29.4 Å². The predicted molar refractivity (Wildman–Crippen MR) is 53.2 cm³/mol. The molecule has 0 unspecified atom stereocenters. The summed E-state index contributed by atoms with van der Waals surface area (Å²) in [5.74, 6) is 0. The highest BCUT2D eigenvalue weighted by Gasteiger charge is 2.03. The van der Waals surface area contributed by atoms with Gasteiger partial charge in [0, 0.05) is 10.0 Å². The van der Waals surface area contributed by atoms with Crippen molar-refractivity contribution in [1.29, 1.82) is 0 Å². The highest BCUT2D eigenvalue weighted by atomic mass is 35.5. The molecule has 1 aromatic rings. The van der Waals surface area contributed by atoms with Crippen LogP contribution in [0.1, 0.15) is 5.56 Å². The number of halogens is 2. The lowest BCUT2D eigenvalue weighted by Crippen LogP contribution is -1.91. The van der Waals surface area contributed by atoms with Gasteiger partial charge in [-0.05, 0) is 24.1 Å². The number of rotatable bonds is 3. The summed E-state index contributed by atoms with van der Waals surface area (Å²) < 4.78 is 0. The van der Waals surface area contributed by atoms with Crippen molar-refractivity contribution in [3.05, 3.63) is 33.8 Å². The van der Waals surface area contributed by atoms with Crippen molar-refractivity contribution < 1.29 is 4.79 Å². The highest BCUT2D eigenvalue weighted by Crippen LogP contribution is 2.24. The molecular weight excluding hydrogens is 209 g/mol. The Labute approximate surface area is 86.2 Å². The van der Waals surface area contributed by atoms with Crippen LogP contribution in [0.5, 0.6) is 0 Å². The smallest absolute Gasteiger partial charge is 0.211 e. The molecule has 1 aromatic carbocycles. The molecule has 0 saturated heterocycles. The van der Waals surface area contributed by atoms with Crippen molar-refractivity contribution in [3.63, 3.8) is 0 Å². The fourth-order valence-corrected chi connectivity index (χ4v) is 1.57. The van der Waals surface area contributed by atoms with Gasteiger partial charge in [0.15, 0.2) is 0 Å². The van der Waals surface area contributed by atoms with E-state index < -0.39 is 0 Å². The van der Waals surface area contributed by atoms with Gasteiger partial charge in [0.25, 0.3) is 0 Å². The van der Waals surface area contributed by atoms with Crippen molar-refractivity contribution in [1.82, 2.24) is 0 Å². The fourth-order valence-electron chi connectivity index (χ4n) is 0.985. The van der Waals surface area contributed by atoms with Crippen LogP contribution in [-0.4, -0.2) is 12.6 Å². The highest BCUT2D eigenvalue weighted by molar-refractivity contribution is 6.35. The summed E-state index contributed by atoms with van der Waals surface area (Å²) in [6.45, 7) is 0.368. The summed E-state index contributed by atoms with van der Waals surface area (Å²) in [6.07, 6.45) is 2.03. The van der Waals surface area contributed by atoms with Crippen molar-refractivity contribution in [2.24, 2.45) is 4.99 Å². The van der Waals surface area contributed by atoms with Crippen molar-refractivity contribution >= 4 is 29.3 Å². The number of hydrogen-bond donors (Lipinski definition) is 0. The average molecular weight is 216 g/mol. The maximum atomic E-state index is 9.81. The van der Waals surface area contributed by atoms with Crippen LogP contribution in [0.25, 0.3) is 0 Å². The first-order valence-corrected chi connectivity index (χ1v) is 4.48. The van der Waals surface area contributed by atoms with Crippen molar-refractivity contribution in [2.45, 2.75) is 6.42 Å². The van der Waals surface area contributed by atoms with Gasteiger partial charge in [-0.15, -0.1) is 0 Å². The van der Waals surface area contributed by atoms with Crippen LogP contribution in [0.15, 0.2) is 23.2 Å². The second kappa shape index (κ2) is 5.03. The van der Waals surface area contributed by atoms with E-state index in [0.29, 0.717) is 23.0 Å². The quantitative estimate of drug-likeness (QED) is 0.564. The minimum absolute atomic E-state index is 0.368. The van der Waals surface area contributed by atoms with Gasteiger partial charge < -0.3 is 0 Å². The van der Waals surface area contributed by atoms with Gasteiger partial charge in [0.05, 0.1) is 6.54 Å². The molecule has 13 heavy (non-hydrogen) atoms. The van der Waals surface area contributed by atoms with Crippen LogP contribution < -0.4 is 0 Å². The van der Waals surface area contributed by atoms with E-state index >= 15 is 0 Å². The molecule has 0 aliphatic rings. The lowest BCUT2D eigenvalue weighted by molar-refractivity contribution is 0.563. The minimum atomic E-state index is 0.368. The largest absolute Gasteiger partial charge is 0.234 e. The van der Waals surface area contributed by atoms with E-state index in [0.717, 1.165) is 5.56 Å². The average Bonchev–Trinajstić information content (AvgIpc) is 2.10. The van der Waals surface area contributed by atoms with Crippen molar-refractivity contribution in [2.75, 3.05) is 6.54 Å². The molecule has 0 radical (unpaired) electrons. The lowest BCUT2D eigenvalue weighted by atomic mass is 10.1. The van der Waals surface area contributed by atoms with E-state index in [9.17, 15) is 4.79 Å². The van der Waals surface area contributed by atoms with Crippen LogP contribution in [-0.2, 0) is 11.2 Å². The van der Waals surface area contributed by atoms with Crippen LogP contribution in [0.3, 0.4) is 0 Å². The first kappa shape index (κ1) is 10.3. The second-order valence-corrected chi connectivity index (χ2v) is 3.24. The summed E-state index contributed by atoms with van der Waals surface area (Å²) >= 11 is 11.8. The predicted octanol–water partition coefficient (Wildman–Crippen LogP) is 2.87. The van der Waals surface area contributed by atoms with Crippen LogP contribution >= 0.6 is 23.2 Å². The van der Waals surface area contributed by atoms with E-state index in [-0.39, 0.29) is 0 Å². The number of isocyanates is 1. The van der Waals surface area contributed by atoms with Gasteiger partial charge in [-0.3, -0.25) is 0 Å². The van der Waals surface area contributed by atoms with E-state index in [1.807, 2.05) is 0 Å². The van der Waals surface area contributed by atoms with Gasteiger partial charge in [-0.2, -0.15) is 0 Å². The molecule has 0 spiro atoms. The Morgan fingerprint density at radius 1 is 1.31 bits per heavy atom. The summed E-state index contributed by atoms with van der Waals surface area (Å²) in [4.78, 5) is 13.2. The zero-order chi connectivity index (χ0) is 9.68. The molecule has 0 amide bonds. The molecule has 4 heteroatoms. The third-order valence-corrected chi connectivity index (χ3v) is 2.31. The molecule has 2 nitrogen and oxygen atoms in total. The molecular formula is C9H7Cl2NO. The molecule has 0 aliphatic heterocycles. The van der Waals surface area contributed by atoms with E-state index in [1.165, 1.54) is 6.08 Å². The fraction of sp³-hybridized carbons (Fsp3) is 0.222. The number of nitrogens with zero attached hydrogens (tertiary/aromatic N) is 1. The Bertz CT molecular complexity index is 325. The summed E-state index contributed by atoms with van der Waals surface area (Å²) in [5.41, 5.74) is 0.824. The molecule has 0 heterocycles. The molecule has 0 aliphatic carbocycles. The van der Waals surface area contributed by atoms with Gasteiger partial charge in [0.2, 0.25) is 6.08 Å². The van der Waals surface area contributed by atoms with Crippen molar-refractivity contribution in [3.8, 4) is 0 Å². The Morgan fingerprint density at radius 2 is 1.92 bits per heavy atom. The van der Waals surface area contributed by atoms with E-state index in [1.54, 1.807) is 18.2 Å². The van der Waals surface area contributed by atoms with Crippen LogP contribution in [0, 0.1) is 0 Å². The molecule has 1 rings (SSSR count). The Morgan fingerprint density at radius 3 is 2.46 bits per heavy atom. The standard InChI is InChI=1S/C9H7Cl2NO/c10-8-2-1-3-9(11)7(8)4-5-12-6-13/h1-3H,4-5H2. The Kier molecular flexibility index (Phi) is 3.97. The number of aliphatic imine (C=N–C) groups is 1. The van der Waals surface area contributed by atoms with Gasteiger partial charge >= 0.3 is 0 Å². The third kappa shape index (κ3) is 2.85. The van der Waals surface area contributed by atoms with E-state index in [4.69, 9.17) is 23.2 Å². The lowest BCUT2D eigenvalue weighted by Gasteiger charge is -2.03. The zero-order valence-electron chi connectivity index (χ0n) is 6.76. The summed E-state index contributed by atoms with van der Waals surface area (Å²) in [6, 6.07) is 5.29. The minimum Gasteiger partial charge on any atom is -0.211 e. The van der Waals surface area contributed by atoms with E-state index in [2.05, 4.69) is 4.99 Å². The first-order chi connectivity index (χ1) is 6.25. The number of benzene rings is 1. The van der Waals surface area contributed by atoms with Crippen LogP contribution in [0.2, 0.25) is 10.0 Å². The van der Waals surface area contributed by atoms with Gasteiger partial charge in [0.1, 0.15) is 0 Å². The number of hydrogen-bond acceptors (Lipinski definition) is 2. The van der Waals surface area contributed by atoms with Gasteiger partial charge in [-0.1, -0.05) is 29.3 Å². The summed E-state index contributed by atoms with van der Waals surface area (Å²) in [7, 11) is 0. The molecule has 68 valence electrons. The summed E-state index contributed by atoms with van der Waals surface area (Å²) in [5, 5.41) is 1.21. The van der Waals surface area contributed by atoms with Crippen LogP contribution in [0.4, 0.5) is 0 Å². The molecule has 0 saturated carbocycles. The van der Waals surface area contributed by atoms with Gasteiger partial charge in [-0.25, -0.2) is 9.79 Å². The maximum absolute atomic E-state index is 9.81. The SMILES string of the molecule is O=C=NCCc1c(Cl)cccc1Cl. The molecule has 0 aromatic heterocycles. The molecule has 0 fully saturated rings. The second-order valence-electron chi connectivity index (χ2n) is 2.42. The monoisotopic (exact) mass is 215 g/mol.